The normalized spacial score (nSPS) is 11.1. The SMILES string of the molecule is CC(C)Nc1ncc2cc(-c3cc(NC(=O)c4ccc[nH]4)ccc3CO)ccc2n1. The Hall–Kier alpha value is -3.71. The number of nitrogens with zero attached hydrogens (tertiary/aromatic N) is 2. The summed E-state index contributed by atoms with van der Waals surface area (Å²) >= 11 is 0. The van der Waals surface area contributed by atoms with Gasteiger partial charge in [-0.1, -0.05) is 12.1 Å². The first-order valence-corrected chi connectivity index (χ1v) is 9.76. The summed E-state index contributed by atoms with van der Waals surface area (Å²) in [6.07, 6.45) is 3.49. The molecule has 0 saturated heterocycles. The van der Waals surface area contributed by atoms with Crippen molar-refractivity contribution >= 4 is 28.4 Å². The lowest BCUT2D eigenvalue weighted by atomic mass is 9.98. The number of hydrogen-bond donors (Lipinski definition) is 4. The second kappa shape index (κ2) is 8.34. The molecular weight excluding hydrogens is 378 g/mol. The third-order valence-electron chi connectivity index (χ3n) is 4.69. The van der Waals surface area contributed by atoms with E-state index < -0.39 is 0 Å². The highest BCUT2D eigenvalue weighted by Gasteiger charge is 2.11. The molecule has 2 heterocycles. The van der Waals surface area contributed by atoms with Gasteiger partial charge in [-0.15, -0.1) is 0 Å². The minimum atomic E-state index is -0.222. The minimum absolute atomic E-state index is 0.105. The Labute approximate surface area is 174 Å². The van der Waals surface area contributed by atoms with Crippen LogP contribution in [0.15, 0.2) is 60.9 Å². The van der Waals surface area contributed by atoms with E-state index in [1.807, 2.05) is 44.2 Å². The molecule has 4 aromatic rings. The van der Waals surface area contributed by atoms with Gasteiger partial charge in [-0.3, -0.25) is 4.79 Å². The van der Waals surface area contributed by atoms with Gasteiger partial charge in [0.2, 0.25) is 5.95 Å². The number of aromatic nitrogens is 3. The van der Waals surface area contributed by atoms with E-state index in [4.69, 9.17) is 0 Å². The monoisotopic (exact) mass is 401 g/mol. The van der Waals surface area contributed by atoms with Crippen molar-refractivity contribution in [3.8, 4) is 11.1 Å². The van der Waals surface area contributed by atoms with E-state index in [1.165, 1.54) is 0 Å². The molecule has 0 radical (unpaired) electrons. The lowest BCUT2D eigenvalue weighted by Crippen LogP contribution is -2.12. The number of H-pyrrole nitrogens is 1. The summed E-state index contributed by atoms with van der Waals surface area (Å²) in [5.41, 5.74) is 4.49. The van der Waals surface area contributed by atoms with Gasteiger partial charge in [-0.05, 0) is 66.9 Å². The molecule has 0 aliphatic rings. The van der Waals surface area contributed by atoms with Crippen LogP contribution >= 0.6 is 0 Å². The first kappa shape index (κ1) is 19.6. The van der Waals surface area contributed by atoms with Crippen molar-refractivity contribution < 1.29 is 9.90 Å². The van der Waals surface area contributed by atoms with E-state index >= 15 is 0 Å². The minimum Gasteiger partial charge on any atom is -0.392 e. The number of amides is 1. The first-order valence-electron chi connectivity index (χ1n) is 9.76. The Morgan fingerprint density at radius 3 is 2.77 bits per heavy atom. The molecule has 4 rings (SSSR count). The van der Waals surface area contributed by atoms with E-state index in [0.29, 0.717) is 17.3 Å². The van der Waals surface area contributed by atoms with Crippen LogP contribution in [-0.4, -0.2) is 32.0 Å². The highest BCUT2D eigenvalue weighted by Crippen LogP contribution is 2.30. The maximum absolute atomic E-state index is 12.3. The smallest absolute Gasteiger partial charge is 0.272 e. The lowest BCUT2D eigenvalue weighted by Gasteiger charge is -2.13. The van der Waals surface area contributed by atoms with E-state index in [1.54, 1.807) is 30.6 Å². The predicted molar refractivity (Wildman–Crippen MR) is 118 cm³/mol. The van der Waals surface area contributed by atoms with Crippen molar-refractivity contribution in [3.63, 3.8) is 0 Å². The molecule has 0 saturated carbocycles. The quantitative estimate of drug-likeness (QED) is 0.388. The molecule has 0 atom stereocenters. The molecule has 2 aromatic carbocycles. The van der Waals surface area contributed by atoms with Crippen LogP contribution in [0.3, 0.4) is 0 Å². The Morgan fingerprint density at radius 1 is 1.17 bits per heavy atom. The fourth-order valence-electron chi connectivity index (χ4n) is 3.26. The second-order valence-electron chi connectivity index (χ2n) is 7.33. The number of carbonyl (C=O) groups excluding carboxylic acids is 1. The van der Waals surface area contributed by atoms with Crippen LogP contribution in [0.25, 0.3) is 22.0 Å². The standard InChI is InChI=1S/C23H23N5O2/c1-14(2)26-23-25-12-17-10-15(6-8-20(17)28-23)19-11-18(7-5-16(19)13-29)27-22(30)21-4-3-9-24-21/h3-12,14,24,29H,13H2,1-2H3,(H,27,30)(H,25,26,28). The van der Waals surface area contributed by atoms with Gasteiger partial charge in [0.05, 0.1) is 12.1 Å². The van der Waals surface area contributed by atoms with Crippen molar-refractivity contribution in [2.45, 2.75) is 26.5 Å². The average molecular weight is 401 g/mol. The van der Waals surface area contributed by atoms with Crippen LogP contribution in [0.2, 0.25) is 0 Å². The predicted octanol–water partition coefficient (Wildman–Crippen LogP) is 4.19. The summed E-state index contributed by atoms with van der Waals surface area (Å²) in [4.78, 5) is 24.2. The van der Waals surface area contributed by atoms with Crippen LogP contribution in [0.4, 0.5) is 11.6 Å². The number of carbonyl (C=O) groups is 1. The van der Waals surface area contributed by atoms with Gasteiger partial charge in [0, 0.05) is 29.5 Å². The fourth-order valence-corrected chi connectivity index (χ4v) is 3.26. The zero-order chi connectivity index (χ0) is 21.1. The fraction of sp³-hybridized carbons (Fsp3) is 0.174. The highest BCUT2D eigenvalue weighted by molar-refractivity contribution is 6.03. The number of aliphatic hydroxyl groups is 1. The molecule has 0 aliphatic carbocycles. The summed E-state index contributed by atoms with van der Waals surface area (Å²) in [6.45, 7) is 3.97. The van der Waals surface area contributed by atoms with Crippen molar-refractivity contribution in [1.29, 1.82) is 0 Å². The van der Waals surface area contributed by atoms with Gasteiger partial charge < -0.3 is 20.7 Å². The molecule has 0 spiro atoms. The van der Waals surface area contributed by atoms with Crippen molar-refractivity contribution in [1.82, 2.24) is 15.0 Å². The molecule has 7 nitrogen and oxygen atoms in total. The number of aliphatic hydroxyl groups excluding tert-OH is 1. The third kappa shape index (κ3) is 4.16. The van der Waals surface area contributed by atoms with E-state index in [0.717, 1.165) is 27.6 Å². The number of nitrogens with one attached hydrogen (secondary N) is 3. The van der Waals surface area contributed by atoms with Crippen LogP contribution in [0.5, 0.6) is 0 Å². The van der Waals surface area contributed by atoms with Gasteiger partial charge in [-0.2, -0.15) is 0 Å². The van der Waals surface area contributed by atoms with E-state index in [-0.39, 0.29) is 18.6 Å². The number of anilines is 2. The van der Waals surface area contributed by atoms with Crippen LogP contribution in [0.1, 0.15) is 29.9 Å². The molecule has 4 N–H and O–H groups in total. The number of aromatic amines is 1. The number of rotatable bonds is 6. The van der Waals surface area contributed by atoms with Crippen LogP contribution in [-0.2, 0) is 6.61 Å². The number of benzene rings is 2. The Balaban J connectivity index is 1.67. The maximum Gasteiger partial charge on any atom is 0.272 e. The average Bonchev–Trinajstić information content (AvgIpc) is 3.28. The zero-order valence-corrected chi connectivity index (χ0v) is 16.8. The Bertz CT molecular complexity index is 1190. The molecule has 0 unspecified atom stereocenters. The summed E-state index contributed by atoms with van der Waals surface area (Å²) in [6, 6.07) is 15.1. The van der Waals surface area contributed by atoms with Gasteiger partial charge in [-0.25, -0.2) is 9.97 Å². The summed E-state index contributed by atoms with van der Waals surface area (Å²) in [5, 5.41) is 16.8. The van der Waals surface area contributed by atoms with Crippen LogP contribution < -0.4 is 10.6 Å². The summed E-state index contributed by atoms with van der Waals surface area (Å²) in [5.74, 6) is 0.370. The molecule has 0 aliphatic heterocycles. The lowest BCUT2D eigenvalue weighted by molar-refractivity contribution is 0.102. The van der Waals surface area contributed by atoms with E-state index in [9.17, 15) is 9.90 Å². The molecular formula is C23H23N5O2. The summed E-state index contributed by atoms with van der Waals surface area (Å²) in [7, 11) is 0. The molecule has 30 heavy (non-hydrogen) atoms. The zero-order valence-electron chi connectivity index (χ0n) is 16.8. The Kier molecular flexibility index (Phi) is 5.45. The van der Waals surface area contributed by atoms with E-state index in [2.05, 4.69) is 25.6 Å². The van der Waals surface area contributed by atoms with Gasteiger partial charge in [0.1, 0.15) is 5.69 Å². The topological polar surface area (TPSA) is 103 Å². The van der Waals surface area contributed by atoms with Gasteiger partial charge >= 0.3 is 0 Å². The molecule has 0 fully saturated rings. The van der Waals surface area contributed by atoms with Crippen molar-refractivity contribution in [3.05, 3.63) is 72.2 Å². The summed E-state index contributed by atoms with van der Waals surface area (Å²) < 4.78 is 0. The Morgan fingerprint density at radius 2 is 2.03 bits per heavy atom. The first-order chi connectivity index (χ1) is 14.5. The second-order valence-corrected chi connectivity index (χ2v) is 7.33. The van der Waals surface area contributed by atoms with Crippen molar-refractivity contribution in [2.75, 3.05) is 10.6 Å². The molecule has 7 heteroatoms. The van der Waals surface area contributed by atoms with Gasteiger partial charge in [0.15, 0.2) is 0 Å². The van der Waals surface area contributed by atoms with Gasteiger partial charge in [0.25, 0.3) is 5.91 Å². The third-order valence-corrected chi connectivity index (χ3v) is 4.69. The molecule has 2 aromatic heterocycles. The highest BCUT2D eigenvalue weighted by atomic mass is 16.3. The van der Waals surface area contributed by atoms with Crippen molar-refractivity contribution in [2.24, 2.45) is 0 Å². The number of hydrogen-bond acceptors (Lipinski definition) is 5. The molecule has 0 bridgehead atoms. The molecule has 1 amide bonds. The molecule has 152 valence electrons. The maximum atomic E-state index is 12.3. The number of fused-ring (bicyclic) bond motifs is 1. The van der Waals surface area contributed by atoms with Crippen LogP contribution in [0, 0.1) is 0 Å². The largest absolute Gasteiger partial charge is 0.392 e.